The van der Waals surface area contributed by atoms with Crippen molar-refractivity contribution in [1.82, 2.24) is 24.9 Å². The maximum atomic E-state index is 4.56. The summed E-state index contributed by atoms with van der Waals surface area (Å²) in [6.45, 7) is 9.91. The van der Waals surface area contributed by atoms with E-state index in [0.29, 0.717) is 0 Å². The lowest BCUT2D eigenvalue weighted by Crippen LogP contribution is -2.11. The van der Waals surface area contributed by atoms with Crippen LogP contribution in [-0.2, 0) is 26.1 Å². The molecule has 5 heteroatoms. The van der Waals surface area contributed by atoms with Crippen LogP contribution in [0.4, 0.5) is 0 Å². The first kappa shape index (κ1) is 13.8. The van der Waals surface area contributed by atoms with Gasteiger partial charge in [-0.1, -0.05) is 13.8 Å². The van der Waals surface area contributed by atoms with Gasteiger partial charge in [-0.15, -0.1) is 0 Å². The van der Waals surface area contributed by atoms with Crippen LogP contribution in [0.2, 0.25) is 0 Å². The van der Waals surface area contributed by atoms with Crippen molar-refractivity contribution in [2.75, 3.05) is 6.54 Å². The molecule has 0 aromatic carbocycles. The fourth-order valence-electron chi connectivity index (χ4n) is 2.11. The molecule has 0 unspecified atom stereocenters. The predicted octanol–water partition coefficient (Wildman–Crippen LogP) is 1.82. The number of hydrogen-bond acceptors (Lipinski definition) is 3. The highest BCUT2D eigenvalue weighted by molar-refractivity contribution is 5.12. The van der Waals surface area contributed by atoms with Crippen molar-refractivity contribution >= 4 is 0 Å². The average Bonchev–Trinajstić information content (AvgIpc) is 3.03. The SMILES string of the molecule is CCNCc1cnn(Cc2cc(CC)nn2CC)c1. The largest absolute Gasteiger partial charge is 0.313 e. The van der Waals surface area contributed by atoms with Gasteiger partial charge in [0.15, 0.2) is 0 Å². The van der Waals surface area contributed by atoms with Gasteiger partial charge < -0.3 is 5.32 Å². The van der Waals surface area contributed by atoms with Crippen LogP contribution >= 0.6 is 0 Å². The Morgan fingerprint density at radius 2 is 2.11 bits per heavy atom. The Bertz CT molecular complexity index is 512. The van der Waals surface area contributed by atoms with Crippen molar-refractivity contribution in [2.24, 2.45) is 0 Å². The molecule has 0 saturated carbocycles. The fourth-order valence-corrected chi connectivity index (χ4v) is 2.11. The second kappa shape index (κ2) is 6.52. The molecule has 0 fully saturated rings. The zero-order chi connectivity index (χ0) is 13.7. The van der Waals surface area contributed by atoms with Crippen LogP contribution in [0.3, 0.4) is 0 Å². The van der Waals surface area contributed by atoms with Gasteiger partial charge in [-0.05, 0) is 26.0 Å². The minimum atomic E-state index is 0.785. The number of rotatable bonds is 7. The minimum Gasteiger partial charge on any atom is -0.313 e. The summed E-state index contributed by atoms with van der Waals surface area (Å²) < 4.78 is 4.04. The van der Waals surface area contributed by atoms with E-state index < -0.39 is 0 Å². The monoisotopic (exact) mass is 261 g/mol. The van der Waals surface area contributed by atoms with Crippen LogP contribution < -0.4 is 5.32 Å². The molecule has 0 amide bonds. The van der Waals surface area contributed by atoms with Crippen LogP contribution in [0.1, 0.15) is 37.7 Å². The van der Waals surface area contributed by atoms with Gasteiger partial charge in [-0.25, -0.2) is 0 Å². The maximum Gasteiger partial charge on any atom is 0.0828 e. The number of nitrogens with one attached hydrogen (secondary N) is 1. The Kier molecular flexibility index (Phi) is 4.74. The van der Waals surface area contributed by atoms with Gasteiger partial charge in [-0.2, -0.15) is 10.2 Å². The average molecular weight is 261 g/mol. The van der Waals surface area contributed by atoms with E-state index in [1.165, 1.54) is 11.3 Å². The van der Waals surface area contributed by atoms with E-state index in [9.17, 15) is 0 Å². The fraction of sp³-hybridized carbons (Fsp3) is 0.571. The van der Waals surface area contributed by atoms with Crippen molar-refractivity contribution in [3.63, 3.8) is 0 Å². The predicted molar refractivity (Wildman–Crippen MR) is 76.0 cm³/mol. The molecule has 0 radical (unpaired) electrons. The molecule has 0 aliphatic rings. The van der Waals surface area contributed by atoms with Crippen molar-refractivity contribution in [2.45, 2.75) is 46.8 Å². The lowest BCUT2D eigenvalue weighted by molar-refractivity contribution is 0.573. The van der Waals surface area contributed by atoms with Gasteiger partial charge in [0.25, 0.3) is 0 Å². The van der Waals surface area contributed by atoms with Crippen LogP contribution in [0.15, 0.2) is 18.5 Å². The topological polar surface area (TPSA) is 47.7 Å². The summed E-state index contributed by atoms with van der Waals surface area (Å²) in [4.78, 5) is 0. The summed E-state index contributed by atoms with van der Waals surface area (Å²) in [5.74, 6) is 0. The molecule has 2 rings (SSSR count). The molecule has 0 atom stereocenters. The Balaban J connectivity index is 2.07. The van der Waals surface area contributed by atoms with E-state index in [1.54, 1.807) is 0 Å². The molecular weight excluding hydrogens is 238 g/mol. The van der Waals surface area contributed by atoms with Crippen molar-refractivity contribution < 1.29 is 0 Å². The van der Waals surface area contributed by atoms with Crippen molar-refractivity contribution in [1.29, 1.82) is 0 Å². The van der Waals surface area contributed by atoms with Crippen LogP contribution in [-0.4, -0.2) is 26.1 Å². The van der Waals surface area contributed by atoms with Crippen LogP contribution in [0.25, 0.3) is 0 Å². The summed E-state index contributed by atoms with van der Waals surface area (Å²) in [6.07, 6.45) is 5.00. The van der Waals surface area contributed by atoms with Gasteiger partial charge in [0, 0.05) is 24.8 Å². The van der Waals surface area contributed by atoms with E-state index in [0.717, 1.165) is 38.3 Å². The second-order valence-corrected chi connectivity index (χ2v) is 4.62. The third kappa shape index (κ3) is 3.44. The van der Waals surface area contributed by atoms with Gasteiger partial charge in [0.05, 0.1) is 24.1 Å². The van der Waals surface area contributed by atoms with E-state index >= 15 is 0 Å². The Morgan fingerprint density at radius 1 is 1.26 bits per heavy atom. The molecule has 2 aromatic heterocycles. The van der Waals surface area contributed by atoms with Gasteiger partial charge in [0.2, 0.25) is 0 Å². The third-order valence-electron chi connectivity index (χ3n) is 3.17. The van der Waals surface area contributed by atoms with Gasteiger partial charge in [-0.3, -0.25) is 9.36 Å². The number of hydrogen-bond donors (Lipinski definition) is 1. The van der Waals surface area contributed by atoms with Crippen LogP contribution in [0, 0.1) is 0 Å². The van der Waals surface area contributed by atoms with Crippen LogP contribution in [0.5, 0.6) is 0 Å². The van der Waals surface area contributed by atoms with Crippen molar-refractivity contribution in [3.8, 4) is 0 Å². The Labute approximate surface area is 114 Å². The molecule has 104 valence electrons. The summed E-state index contributed by atoms with van der Waals surface area (Å²) in [5, 5.41) is 12.3. The lowest BCUT2D eigenvalue weighted by atomic mass is 10.3. The normalized spacial score (nSPS) is 11.1. The molecule has 0 bridgehead atoms. The first-order chi connectivity index (χ1) is 9.26. The smallest absolute Gasteiger partial charge is 0.0828 e. The first-order valence-corrected chi connectivity index (χ1v) is 7.04. The highest BCUT2D eigenvalue weighted by Crippen LogP contribution is 2.08. The molecule has 5 nitrogen and oxygen atoms in total. The summed E-state index contributed by atoms with van der Waals surface area (Å²) in [7, 11) is 0. The molecule has 0 spiro atoms. The van der Waals surface area contributed by atoms with E-state index in [-0.39, 0.29) is 0 Å². The molecule has 0 saturated heterocycles. The summed E-state index contributed by atoms with van der Waals surface area (Å²) >= 11 is 0. The quantitative estimate of drug-likeness (QED) is 0.827. The number of aryl methyl sites for hydroxylation is 2. The van der Waals surface area contributed by atoms with E-state index in [2.05, 4.69) is 53.2 Å². The van der Waals surface area contributed by atoms with E-state index in [4.69, 9.17) is 0 Å². The van der Waals surface area contributed by atoms with Gasteiger partial charge in [0.1, 0.15) is 0 Å². The highest BCUT2D eigenvalue weighted by Gasteiger charge is 2.07. The Hall–Kier alpha value is -1.62. The zero-order valence-corrected chi connectivity index (χ0v) is 12.1. The highest BCUT2D eigenvalue weighted by atomic mass is 15.3. The number of aromatic nitrogens is 4. The standard InChI is InChI=1S/C14H23N5/c1-4-13-7-14(19(6-3)17-13)11-18-10-12(9-16-18)8-15-5-2/h7,9-10,15H,4-6,8,11H2,1-3H3. The molecular formula is C14H23N5. The van der Waals surface area contributed by atoms with E-state index in [1.807, 2.05) is 10.9 Å². The maximum absolute atomic E-state index is 4.56. The minimum absolute atomic E-state index is 0.785. The summed E-state index contributed by atoms with van der Waals surface area (Å²) in [6, 6.07) is 2.18. The molecule has 2 aromatic rings. The molecule has 1 N–H and O–H groups in total. The molecule has 0 aliphatic carbocycles. The van der Waals surface area contributed by atoms with Crippen molar-refractivity contribution in [3.05, 3.63) is 35.4 Å². The second-order valence-electron chi connectivity index (χ2n) is 4.62. The molecule has 0 aliphatic heterocycles. The van der Waals surface area contributed by atoms with Gasteiger partial charge >= 0.3 is 0 Å². The first-order valence-electron chi connectivity index (χ1n) is 7.04. The summed E-state index contributed by atoms with van der Waals surface area (Å²) in [5.41, 5.74) is 3.59. The molecule has 2 heterocycles. The zero-order valence-electron chi connectivity index (χ0n) is 12.1. The Morgan fingerprint density at radius 3 is 2.79 bits per heavy atom. The lowest BCUT2D eigenvalue weighted by Gasteiger charge is -2.04. The number of nitrogens with zero attached hydrogens (tertiary/aromatic N) is 4. The third-order valence-corrected chi connectivity index (χ3v) is 3.17. The molecule has 19 heavy (non-hydrogen) atoms.